The molecular weight excluding hydrogens is 450 g/mol. The molecule has 2 aliphatic heterocycles. The minimum absolute atomic E-state index is 0.0949. The molecule has 2 aromatic carbocycles. The van der Waals surface area contributed by atoms with Gasteiger partial charge in [-0.25, -0.2) is 8.42 Å². The van der Waals surface area contributed by atoms with E-state index in [-0.39, 0.29) is 29.8 Å². The first-order valence-electron chi connectivity index (χ1n) is 10.9. The summed E-state index contributed by atoms with van der Waals surface area (Å²) in [5, 5.41) is 11.9. The third kappa shape index (κ3) is 5.05. The molecule has 2 aliphatic rings. The van der Waals surface area contributed by atoms with Gasteiger partial charge in [-0.2, -0.15) is 4.31 Å². The van der Waals surface area contributed by atoms with E-state index >= 15 is 0 Å². The Morgan fingerprint density at radius 2 is 1.88 bits per heavy atom. The number of para-hydroxylation sites is 2. The van der Waals surface area contributed by atoms with Gasteiger partial charge in [-0.1, -0.05) is 19.1 Å². The Hall–Kier alpha value is -2.89. The van der Waals surface area contributed by atoms with Crippen molar-refractivity contribution in [2.75, 3.05) is 50.9 Å². The normalized spacial score (nSPS) is 18.6. The molecule has 0 bridgehead atoms. The van der Waals surface area contributed by atoms with Gasteiger partial charge in [0.15, 0.2) is 17.6 Å². The Labute approximate surface area is 192 Å². The van der Waals surface area contributed by atoms with E-state index in [2.05, 4.69) is 0 Å². The topological polar surface area (TPSA) is 111 Å². The van der Waals surface area contributed by atoms with Crippen LogP contribution in [0, 0.1) is 10.1 Å². The lowest BCUT2D eigenvalue weighted by atomic mass is 10.2. The first-order valence-corrected chi connectivity index (χ1v) is 12.3. The van der Waals surface area contributed by atoms with Crippen molar-refractivity contribution in [2.45, 2.75) is 24.3 Å². The molecule has 4 rings (SSSR count). The molecule has 0 spiro atoms. The molecule has 11 heteroatoms. The standard InChI is InChI=1S/C22H27N3O7S/c1-2-9-23(15-17-16-31-21-5-3-4-6-22(21)32-17)19-8-7-18(14-20(19)25(26)27)33(28,29)24-10-12-30-13-11-24/h3-8,14,17H,2,9-13,15-16H2,1H3. The molecule has 10 nitrogen and oxygen atoms in total. The summed E-state index contributed by atoms with van der Waals surface area (Å²) < 4.78 is 44.3. The van der Waals surface area contributed by atoms with Crippen molar-refractivity contribution < 1.29 is 27.6 Å². The molecule has 2 aromatic rings. The van der Waals surface area contributed by atoms with Crippen molar-refractivity contribution in [1.29, 1.82) is 0 Å². The van der Waals surface area contributed by atoms with Gasteiger partial charge >= 0.3 is 0 Å². The van der Waals surface area contributed by atoms with Crippen LogP contribution in [-0.4, -0.2) is 69.7 Å². The Morgan fingerprint density at radius 1 is 1.15 bits per heavy atom. The smallest absolute Gasteiger partial charge is 0.293 e. The van der Waals surface area contributed by atoms with E-state index < -0.39 is 14.9 Å². The zero-order valence-corrected chi connectivity index (χ0v) is 19.2. The molecule has 0 amide bonds. The maximum Gasteiger partial charge on any atom is 0.293 e. The lowest BCUT2D eigenvalue weighted by molar-refractivity contribution is -0.384. The Morgan fingerprint density at radius 3 is 2.58 bits per heavy atom. The summed E-state index contributed by atoms with van der Waals surface area (Å²) in [5.41, 5.74) is 0.0974. The van der Waals surface area contributed by atoms with Crippen molar-refractivity contribution >= 4 is 21.4 Å². The zero-order chi connectivity index (χ0) is 23.4. The van der Waals surface area contributed by atoms with Gasteiger partial charge in [-0.05, 0) is 30.7 Å². The van der Waals surface area contributed by atoms with E-state index in [1.807, 2.05) is 36.1 Å². The highest BCUT2D eigenvalue weighted by Crippen LogP contribution is 2.34. The second kappa shape index (κ2) is 9.94. The molecule has 0 aromatic heterocycles. The number of hydrogen-bond acceptors (Lipinski definition) is 8. The van der Waals surface area contributed by atoms with Gasteiger partial charge in [-0.3, -0.25) is 10.1 Å². The number of morpholine rings is 1. The van der Waals surface area contributed by atoms with Gasteiger partial charge in [-0.15, -0.1) is 0 Å². The van der Waals surface area contributed by atoms with Gasteiger partial charge < -0.3 is 19.1 Å². The molecule has 1 unspecified atom stereocenters. The molecular formula is C22H27N3O7S. The molecule has 33 heavy (non-hydrogen) atoms. The minimum Gasteiger partial charge on any atom is -0.486 e. The largest absolute Gasteiger partial charge is 0.486 e. The molecule has 0 aliphatic carbocycles. The van der Waals surface area contributed by atoms with E-state index in [9.17, 15) is 18.5 Å². The molecule has 0 N–H and O–H groups in total. The zero-order valence-electron chi connectivity index (χ0n) is 18.4. The van der Waals surface area contributed by atoms with Crippen LogP contribution in [0.25, 0.3) is 0 Å². The quantitative estimate of drug-likeness (QED) is 0.421. The highest BCUT2D eigenvalue weighted by molar-refractivity contribution is 7.89. The molecule has 178 valence electrons. The van der Waals surface area contributed by atoms with Crippen LogP contribution in [-0.2, 0) is 14.8 Å². The highest BCUT2D eigenvalue weighted by atomic mass is 32.2. The second-order valence-corrected chi connectivity index (χ2v) is 9.81. The van der Waals surface area contributed by atoms with Gasteiger partial charge in [0.2, 0.25) is 10.0 Å². The van der Waals surface area contributed by atoms with E-state index in [0.29, 0.717) is 50.1 Å². The van der Waals surface area contributed by atoms with Crippen molar-refractivity contribution in [2.24, 2.45) is 0 Å². The fraction of sp³-hybridized carbons (Fsp3) is 0.455. The summed E-state index contributed by atoms with van der Waals surface area (Å²) in [4.78, 5) is 13.2. The Balaban J connectivity index is 1.60. The van der Waals surface area contributed by atoms with Crippen molar-refractivity contribution in [3.63, 3.8) is 0 Å². The monoisotopic (exact) mass is 477 g/mol. The number of rotatable bonds is 8. The van der Waals surface area contributed by atoms with Crippen LogP contribution in [0.5, 0.6) is 11.5 Å². The third-order valence-corrected chi connectivity index (χ3v) is 7.47. The number of nitro groups is 1. The summed E-state index contributed by atoms with van der Waals surface area (Å²) in [6.45, 7) is 4.24. The summed E-state index contributed by atoms with van der Waals surface area (Å²) in [5.74, 6) is 1.30. The number of ether oxygens (including phenoxy) is 3. The maximum atomic E-state index is 13.0. The first kappa shape index (κ1) is 23.3. The second-order valence-electron chi connectivity index (χ2n) is 7.87. The van der Waals surface area contributed by atoms with E-state index in [1.54, 1.807) is 0 Å². The number of hydrogen-bond donors (Lipinski definition) is 0. The predicted octanol–water partition coefficient (Wildman–Crippen LogP) is 2.67. The Kier molecular flexibility index (Phi) is 7.01. The average Bonchev–Trinajstić information content (AvgIpc) is 2.84. The van der Waals surface area contributed by atoms with Crippen molar-refractivity contribution in [3.8, 4) is 11.5 Å². The first-order chi connectivity index (χ1) is 15.9. The number of fused-ring (bicyclic) bond motifs is 1. The lowest BCUT2D eigenvalue weighted by Crippen LogP contribution is -2.42. The third-order valence-electron chi connectivity index (χ3n) is 5.58. The van der Waals surface area contributed by atoms with Gasteiger partial charge in [0.25, 0.3) is 5.69 Å². The van der Waals surface area contributed by atoms with Crippen LogP contribution in [0.3, 0.4) is 0 Å². The van der Waals surface area contributed by atoms with Crippen LogP contribution in [0.4, 0.5) is 11.4 Å². The van der Waals surface area contributed by atoms with Crippen LogP contribution in [0.15, 0.2) is 47.4 Å². The van der Waals surface area contributed by atoms with Crippen LogP contribution < -0.4 is 14.4 Å². The molecule has 1 atom stereocenters. The number of sulfonamides is 1. The van der Waals surface area contributed by atoms with Gasteiger partial charge in [0.05, 0.1) is 29.6 Å². The summed E-state index contributed by atoms with van der Waals surface area (Å²) >= 11 is 0. The van der Waals surface area contributed by atoms with Crippen LogP contribution >= 0.6 is 0 Å². The SMILES string of the molecule is CCCN(CC1COc2ccccc2O1)c1ccc(S(=O)(=O)N2CCOCC2)cc1[N+](=O)[O-]. The fourth-order valence-corrected chi connectivity index (χ4v) is 5.42. The lowest BCUT2D eigenvalue weighted by Gasteiger charge is -2.32. The van der Waals surface area contributed by atoms with Crippen LogP contribution in [0.2, 0.25) is 0 Å². The number of nitro benzene ring substituents is 1. The molecule has 1 saturated heterocycles. The van der Waals surface area contributed by atoms with Gasteiger partial charge in [0.1, 0.15) is 12.3 Å². The predicted molar refractivity (Wildman–Crippen MR) is 122 cm³/mol. The average molecular weight is 478 g/mol. The number of anilines is 1. The molecule has 0 saturated carbocycles. The Bertz CT molecular complexity index is 1100. The summed E-state index contributed by atoms with van der Waals surface area (Å²) in [6.07, 6.45) is 0.414. The number of nitrogens with zero attached hydrogens (tertiary/aromatic N) is 3. The molecule has 1 fully saturated rings. The number of benzene rings is 2. The van der Waals surface area contributed by atoms with Crippen molar-refractivity contribution in [1.82, 2.24) is 4.31 Å². The molecule has 0 radical (unpaired) electrons. The van der Waals surface area contributed by atoms with Gasteiger partial charge in [0, 0.05) is 25.7 Å². The summed E-state index contributed by atoms with van der Waals surface area (Å²) in [7, 11) is -3.85. The van der Waals surface area contributed by atoms with E-state index in [4.69, 9.17) is 14.2 Å². The maximum absolute atomic E-state index is 13.0. The minimum atomic E-state index is -3.85. The van der Waals surface area contributed by atoms with E-state index in [1.165, 1.54) is 16.4 Å². The summed E-state index contributed by atoms with van der Waals surface area (Å²) in [6, 6.07) is 11.5. The fourth-order valence-electron chi connectivity index (χ4n) is 3.99. The van der Waals surface area contributed by atoms with Crippen molar-refractivity contribution in [3.05, 3.63) is 52.6 Å². The van der Waals surface area contributed by atoms with Crippen LogP contribution in [0.1, 0.15) is 13.3 Å². The highest BCUT2D eigenvalue weighted by Gasteiger charge is 2.31. The molecule has 2 heterocycles. The van der Waals surface area contributed by atoms with E-state index in [0.717, 1.165) is 12.5 Å².